The van der Waals surface area contributed by atoms with Crippen molar-refractivity contribution in [1.82, 2.24) is 5.32 Å². The molecule has 2 unspecified atom stereocenters. The number of sulfonamides is 1. The quantitative estimate of drug-likeness (QED) is 0.564. The summed E-state index contributed by atoms with van der Waals surface area (Å²) >= 11 is 0. The van der Waals surface area contributed by atoms with Gasteiger partial charge in [-0.2, -0.15) is 0 Å². The summed E-state index contributed by atoms with van der Waals surface area (Å²) in [7, 11) is -3.67. The lowest BCUT2D eigenvalue weighted by Crippen LogP contribution is -2.35. The second-order valence-electron chi connectivity index (χ2n) is 9.00. The summed E-state index contributed by atoms with van der Waals surface area (Å²) in [5, 5.41) is 3.10. The Morgan fingerprint density at radius 2 is 1.64 bits per heavy atom. The van der Waals surface area contributed by atoms with Crippen LogP contribution in [-0.2, 0) is 16.4 Å². The third-order valence-electron chi connectivity index (χ3n) is 6.49. The second kappa shape index (κ2) is 8.67. The van der Waals surface area contributed by atoms with Gasteiger partial charge in [0.05, 0.1) is 16.6 Å². The molecule has 4 rings (SSSR count). The molecule has 0 spiro atoms. The predicted octanol–water partition coefficient (Wildman–Crippen LogP) is 5.24. The molecule has 0 fully saturated rings. The Balaban J connectivity index is 1.59. The van der Waals surface area contributed by atoms with E-state index in [-0.39, 0.29) is 22.9 Å². The Morgan fingerprint density at radius 3 is 2.33 bits per heavy atom. The van der Waals surface area contributed by atoms with Gasteiger partial charge in [-0.1, -0.05) is 30.3 Å². The van der Waals surface area contributed by atoms with Crippen molar-refractivity contribution in [2.45, 2.75) is 58.0 Å². The van der Waals surface area contributed by atoms with E-state index in [4.69, 9.17) is 0 Å². The van der Waals surface area contributed by atoms with Crippen LogP contribution < -0.4 is 9.62 Å². The molecule has 0 saturated heterocycles. The lowest BCUT2D eigenvalue weighted by molar-refractivity contribution is 0.0939. The molecule has 1 aliphatic heterocycles. The molecule has 1 amide bonds. The molecular formula is C27H30N2O3S. The number of carbonyl (C=O) groups is 1. The molecule has 0 bridgehead atoms. The Kier molecular flexibility index (Phi) is 6.06. The maximum absolute atomic E-state index is 13.3. The van der Waals surface area contributed by atoms with Crippen molar-refractivity contribution in [2.24, 2.45) is 0 Å². The predicted molar refractivity (Wildman–Crippen MR) is 132 cm³/mol. The Labute approximate surface area is 196 Å². The summed E-state index contributed by atoms with van der Waals surface area (Å²) in [6, 6.07) is 17.7. The monoisotopic (exact) mass is 462 g/mol. The molecule has 1 aliphatic rings. The van der Waals surface area contributed by atoms with E-state index in [1.54, 1.807) is 42.5 Å². The summed E-state index contributed by atoms with van der Waals surface area (Å²) in [5.74, 6) is -0.167. The first-order valence-corrected chi connectivity index (χ1v) is 12.6. The van der Waals surface area contributed by atoms with Crippen molar-refractivity contribution in [3.8, 4) is 0 Å². The average Bonchev–Trinajstić information content (AvgIpc) is 3.12. The fourth-order valence-electron chi connectivity index (χ4n) is 4.62. The van der Waals surface area contributed by atoms with E-state index in [9.17, 15) is 13.2 Å². The Bertz CT molecular complexity index is 1320. The van der Waals surface area contributed by atoms with Crippen molar-refractivity contribution in [3.63, 3.8) is 0 Å². The van der Waals surface area contributed by atoms with Crippen molar-refractivity contribution in [3.05, 3.63) is 94.0 Å². The highest BCUT2D eigenvalue weighted by Gasteiger charge is 2.36. The van der Waals surface area contributed by atoms with Gasteiger partial charge < -0.3 is 5.32 Å². The number of fused-ring (bicyclic) bond motifs is 1. The number of anilines is 1. The Hall–Kier alpha value is -3.12. The summed E-state index contributed by atoms with van der Waals surface area (Å²) in [6.45, 7) is 10.1. The molecular weight excluding hydrogens is 432 g/mol. The number of nitrogens with one attached hydrogen (secondary N) is 1. The van der Waals surface area contributed by atoms with Crippen molar-refractivity contribution in [2.75, 3.05) is 4.31 Å². The topological polar surface area (TPSA) is 66.5 Å². The minimum atomic E-state index is -3.67. The van der Waals surface area contributed by atoms with Crippen LogP contribution in [0.2, 0.25) is 0 Å². The first-order chi connectivity index (χ1) is 15.6. The molecule has 0 aliphatic carbocycles. The largest absolute Gasteiger partial charge is 0.346 e. The van der Waals surface area contributed by atoms with Crippen molar-refractivity contribution in [1.29, 1.82) is 0 Å². The Morgan fingerprint density at radius 1 is 0.970 bits per heavy atom. The number of nitrogens with zero attached hydrogens (tertiary/aromatic N) is 1. The number of amides is 1. The van der Waals surface area contributed by atoms with Crippen LogP contribution in [0.3, 0.4) is 0 Å². The molecule has 6 heteroatoms. The van der Waals surface area contributed by atoms with E-state index >= 15 is 0 Å². The number of hydrogen-bond acceptors (Lipinski definition) is 3. The van der Waals surface area contributed by atoms with Crippen LogP contribution in [-0.4, -0.2) is 20.4 Å². The average molecular weight is 463 g/mol. The van der Waals surface area contributed by atoms with Crippen LogP contribution in [0.15, 0.2) is 65.6 Å². The van der Waals surface area contributed by atoms with Crippen LogP contribution >= 0.6 is 0 Å². The molecule has 0 saturated carbocycles. The molecule has 0 aromatic heterocycles. The second-order valence-corrected chi connectivity index (χ2v) is 10.8. The van der Waals surface area contributed by atoms with Crippen LogP contribution in [0.1, 0.15) is 58.1 Å². The SMILES string of the molecule is Cc1cc(C)c(C(C)NC(=O)c2ccc3c(c2)CC(C)N3S(=O)(=O)c2ccccc2)cc1C. The smallest absolute Gasteiger partial charge is 0.264 e. The molecule has 1 N–H and O–H groups in total. The summed E-state index contributed by atoms with van der Waals surface area (Å²) in [6.07, 6.45) is 0.564. The lowest BCUT2D eigenvalue weighted by atomic mass is 9.96. The highest BCUT2D eigenvalue weighted by Crippen LogP contribution is 2.37. The van der Waals surface area contributed by atoms with Crippen LogP contribution in [0, 0.1) is 20.8 Å². The third-order valence-corrected chi connectivity index (χ3v) is 8.43. The summed E-state index contributed by atoms with van der Waals surface area (Å²) in [5.41, 5.74) is 6.72. The first-order valence-electron chi connectivity index (χ1n) is 11.2. The van der Waals surface area contributed by atoms with E-state index in [0.29, 0.717) is 17.7 Å². The molecule has 172 valence electrons. The van der Waals surface area contributed by atoms with E-state index in [0.717, 1.165) is 16.7 Å². The molecule has 3 aromatic rings. The van der Waals surface area contributed by atoms with Gasteiger partial charge in [0, 0.05) is 11.6 Å². The van der Waals surface area contributed by atoms with E-state index in [2.05, 4.69) is 38.2 Å². The zero-order chi connectivity index (χ0) is 23.9. The van der Waals surface area contributed by atoms with Crippen molar-refractivity contribution < 1.29 is 13.2 Å². The van der Waals surface area contributed by atoms with Gasteiger partial charge >= 0.3 is 0 Å². The van der Waals surface area contributed by atoms with Crippen LogP contribution in [0.25, 0.3) is 0 Å². The molecule has 1 heterocycles. The number of aryl methyl sites for hydroxylation is 3. The number of hydrogen-bond donors (Lipinski definition) is 1. The highest BCUT2D eigenvalue weighted by atomic mass is 32.2. The number of rotatable bonds is 5. The van der Waals surface area contributed by atoms with Crippen molar-refractivity contribution >= 4 is 21.6 Å². The van der Waals surface area contributed by atoms with Crippen LogP contribution in [0.5, 0.6) is 0 Å². The standard InChI is InChI=1S/C27H30N2O3S/c1-17-13-19(3)25(14-18(17)2)21(5)28-27(30)22-11-12-26-23(16-22)15-20(4)29(26)33(31,32)24-9-7-6-8-10-24/h6-14,16,20-21H,15H2,1-5H3,(H,28,30). The fraction of sp³-hybridized carbons (Fsp3) is 0.296. The zero-order valence-electron chi connectivity index (χ0n) is 19.7. The fourth-order valence-corrected chi connectivity index (χ4v) is 6.34. The van der Waals surface area contributed by atoms with Gasteiger partial charge in [0.15, 0.2) is 0 Å². The van der Waals surface area contributed by atoms with Gasteiger partial charge in [0.1, 0.15) is 0 Å². The molecule has 0 radical (unpaired) electrons. The number of benzene rings is 3. The highest BCUT2D eigenvalue weighted by molar-refractivity contribution is 7.92. The first kappa shape index (κ1) is 23.1. The molecule has 33 heavy (non-hydrogen) atoms. The third kappa shape index (κ3) is 4.27. The van der Waals surface area contributed by atoms with E-state index in [1.807, 2.05) is 19.9 Å². The maximum atomic E-state index is 13.3. The van der Waals surface area contributed by atoms with E-state index in [1.165, 1.54) is 15.4 Å². The zero-order valence-corrected chi connectivity index (χ0v) is 20.5. The van der Waals surface area contributed by atoms with Gasteiger partial charge in [-0.05, 0) is 99.2 Å². The van der Waals surface area contributed by atoms with Gasteiger partial charge in [-0.15, -0.1) is 0 Å². The minimum Gasteiger partial charge on any atom is -0.346 e. The van der Waals surface area contributed by atoms with Crippen LogP contribution in [0.4, 0.5) is 5.69 Å². The van der Waals surface area contributed by atoms with Gasteiger partial charge in [-0.3, -0.25) is 9.10 Å². The van der Waals surface area contributed by atoms with Gasteiger partial charge in [-0.25, -0.2) is 8.42 Å². The minimum absolute atomic E-state index is 0.140. The van der Waals surface area contributed by atoms with Gasteiger partial charge in [0.25, 0.3) is 15.9 Å². The van der Waals surface area contributed by atoms with E-state index < -0.39 is 10.0 Å². The summed E-state index contributed by atoms with van der Waals surface area (Å²) < 4.78 is 28.0. The number of carbonyl (C=O) groups excluding carboxylic acids is 1. The lowest BCUT2D eigenvalue weighted by Gasteiger charge is -2.24. The molecule has 3 aromatic carbocycles. The molecule has 2 atom stereocenters. The molecule has 5 nitrogen and oxygen atoms in total. The normalized spacial score (nSPS) is 16.4. The van der Waals surface area contributed by atoms with Gasteiger partial charge in [0.2, 0.25) is 0 Å². The summed E-state index contributed by atoms with van der Waals surface area (Å²) in [4.78, 5) is 13.3. The maximum Gasteiger partial charge on any atom is 0.264 e.